The van der Waals surface area contributed by atoms with E-state index in [0.29, 0.717) is 34.6 Å². The zero-order valence-corrected chi connectivity index (χ0v) is 18.8. The zero-order valence-electron chi connectivity index (χ0n) is 17.2. The molecule has 1 saturated heterocycles. The molecule has 1 fully saturated rings. The van der Waals surface area contributed by atoms with Crippen LogP contribution < -0.4 is 10.9 Å². The van der Waals surface area contributed by atoms with E-state index in [1.807, 2.05) is 0 Å². The zero-order chi connectivity index (χ0) is 22.0. The van der Waals surface area contributed by atoms with Crippen LogP contribution in [0.4, 0.5) is 5.69 Å². The molecule has 1 amide bonds. The average Bonchev–Trinajstić information content (AvgIpc) is 3.04. The molecular formula is C21H24N4O4S2. The number of hydrogen-bond donors (Lipinski definition) is 1. The van der Waals surface area contributed by atoms with Crippen LogP contribution in [0.25, 0.3) is 10.2 Å². The topological polar surface area (TPSA) is 101 Å². The van der Waals surface area contributed by atoms with E-state index >= 15 is 0 Å². The van der Waals surface area contributed by atoms with E-state index in [2.05, 4.69) is 10.3 Å². The van der Waals surface area contributed by atoms with Crippen molar-refractivity contribution in [3.05, 3.63) is 51.9 Å². The molecule has 0 radical (unpaired) electrons. The predicted molar refractivity (Wildman–Crippen MR) is 121 cm³/mol. The number of fused-ring (bicyclic) bond motifs is 1. The molecule has 1 aliphatic rings. The van der Waals surface area contributed by atoms with Gasteiger partial charge in [-0.1, -0.05) is 18.9 Å². The number of aryl methyl sites for hydroxylation is 1. The quantitative estimate of drug-likeness (QED) is 0.631. The third-order valence-electron chi connectivity index (χ3n) is 5.40. The molecule has 164 valence electrons. The van der Waals surface area contributed by atoms with Gasteiger partial charge < -0.3 is 5.32 Å². The number of nitrogens with one attached hydrogen (secondary N) is 1. The van der Waals surface area contributed by atoms with Gasteiger partial charge in [0.15, 0.2) is 0 Å². The minimum Gasteiger partial charge on any atom is -0.324 e. The normalized spacial score (nSPS) is 15.6. The van der Waals surface area contributed by atoms with Gasteiger partial charge in [-0.3, -0.25) is 14.2 Å². The van der Waals surface area contributed by atoms with Gasteiger partial charge in [-0.05, 0) is 48.9 Å². The first-order chi connectivity index (χ1) is 14.9. The Hall–Kier alpha value is -2.56. The lowest BCUT2D eigenvalue weighted by atomic mass is 10.2. The standard InChI is InChI=1S/C21H24N4O4S2/c1-15-6-7-16(12-18(15)31(28,29)25-9-4-2-3-5-10-25)23-19(26)13-24-14-22-17-8-11-30-20(17)21(24)27/h6-8,11-12,14H,2-5,9-10,13H2,1H3,(H,23,26). The molecule has 0 atom stereocenters. The molecule has 3 heterocycles. The van der Waals surface area contributed by atoms with E-state index in [1.165, 1.54) is 32.6 Å². The first-order valence-corrected chi connectivity index (χ1v) is 12.5. The van der Waals surface area contributed by atoms with Crippen molar-refractivity contribution in [2.75, 3.05) is 18.4 Å². The highest BCUT2D eigenvalue weighted by Crippen LogP contribution is 2.26. The summed E-state index contributed by atoms with van der Waals surface area (Å²) in [6.45, 7) is 2.57. The fourth-order valence-corrected chi connectivity index (χ4v) is 6.28. The van der Waals surface area contributed by atoms with Crippen molar-refractivity contribution >= 4 is 43.2 Å². The number of hydrogen-bond acceptors (Lipinski definition) is 6. The summed E-state index contributed by atoms with van der Waals surface area (Å²) in [6.07, 6.45) is 5.12. The maximum Gasteiger partial charge on any atom is 0.271 e. The van der Waals surface area contributed by atoms with Crippen molar-refractivity contribution in [3.8, 4) is 0 Å². The van der Waals surface area contributed by atoms with Crippen LogP contribution in [-0.2, 0) is 21.4 Å². The van der Waals surface area contributed by atoms with Gasteiger partial charge >= 0.3 is 0 Å². The molecule has 1 aliphatic heterocycles. The summed E-state index contributed by atoms with van der Waals surface area (Å²) in [7, 11) is -3.64. The third-order valence-corrected chi connectivity index (χ3v) is 8.34. The maximum absolute atomic E-state index is 13.2. The highest BCUT2D eigenvalue weighted by molar-refractivity contribution is 7.89. The fourth-order valence-electron chi connectivity index (χ4n) is 3.72. The van der Waals surface area contributed by atoms with Gasteiger partial charge in [-0.2, -0.15) is 4.31 Å². The smallest absolute Gasteiger partial charge is 0.271 e. The van der Waals surface area contributed by atoms with Gasteiger partial charge in [-0.25, -0.2) is 13.4 Å². The van der Waals surface area contributed by atoms with Crippen molar-refractivity contribution in [3.63, 3.8) is 0 Å². The van der Waals surface area contributed by atoms with E-state index in [4.69, 9.17) is 0 Å². The average molecular weight is 461 g/mol. The van der Waals surface area contributed by atoms with E-state index in [-0.39, 0.29) is 17.0 Å². The molecule has 3 aromatic rings. The van der Waals surface area contributed by atoms with E-state index in [9.17, 15) is 18.0 Å². The van der Waals surface area contributed by atoms with E-state index < -0.39 is 15.9 Å². The largest absolute Gasteiger partial charge is 0.324 e. The monoisotopic (exact) mass is 460 g/mol. The van der Waals surface area contributed by atoms with E-state index in [1.54, 1.807) is 30.5 Å². The molecule has 2 aromatic heterocycles. The Morgan fingerprint density at radius 2 is 1.90 bits per heavy atom. The number of carbonyl (C=O) groups excluding carboxylic acids is 1. The number of benzene rings is 1. The number of sulfonamides is 1. The molecule has 0 saturated carbocycles. The number of aromatic nitrogens is 2. The lowest BCUT2D eigenvalue weighted by Gasteiger charge is -2.21. The number of thiophene rings is 1. The SMILES string of the molecule is Cc1ccc(NC(=O)Cn2cnc3ccsc3c2=O)cc1S(=O)(=O)N1CCCCCC1. The summed E-state index contributed by atoms with van der Waals surface area (Å²) in [5.74, 6) is -0.429. The van der Waals surface area contributed by atoms with Crippen LogP contribution in [0.15, 0.2) is 45.7 Å². The van der Waals surface area contributed by atoms with Gasteiger partial charge in [0.1, 0.15) is 11.2 Å². The Balaban J connectivity index is 1.54. The molecule has 1 aromatic carbocycles. The Bertz CT molecular complexity index is 1270. The number of amides is 1. The molecular weight excluding hydrogens is 436 g/mol. The van der Waals surface area contributed by atoms with Crippen LogP contribution in [0.1, 0.15) is 31.2 Å². The number of anilines is 1. The first-order valence-electron chi connectivity index (χ1n) is 10.2. The van der Waals surface area contributed by atoms with Gasteiger partial charge in [-0.15, -0.1) is 11.3 Å². The summed E-state index contributed by atoms with van der Waals surface area (Å²) in [6, 6.07) is 6.60. The van der Waals surface area contributed by atoms with Crippen molar-refractivity contribution in [2.45, 2.75) is 44.0 Å². The Morgan fingerprint density at radius 3 is 2.65 bits per heavy atom. The van der Waals surface area contributed by atoms with Crippen molar-refractivity contribution in [2.24, 2.45) is 0 Å². The summed E-state index contributed by atoms with van der Waals surface area (Å²) in [5.41, 5.74) is 1.34. The van der Waals surface area contributed by atoms with E-state index in [0.717, 1.165) is 25.7 Å². The molecule has 0 aliphatic carbocycles. The van der Waals surface area contributed by atoms with Gasteiger partial charge in [0.25, 0.3) is 5.56 Å². The molecule has 0 spiro atoms. The molecule has 0 unspecified atom stereocenters. The Labute approximate surface area is 184 Å². The maximum atomic E-state index is 13.2. The fraction of sp³-hybridized carbons (Fsp3) is 0.381. The molecule has 0 bridgehead atoms. The minimum atomic E-state index is -3.64. The molecule has 10 heteroatoms. The summed E-state index contributed by atoms with van der Waals surface area (Å²) >= 11 is 1.28. The third kappa shape index (κ3) is 4.56. The molecule has 1 N–H and O–H groups in total. The second-order valence-corrected chi connectivity index (χ2v) is 10.5. The van der Waals surface area contributed by atoms with Crippen molar-refractivity contribution < 1.29 is 13.2 Å². The van der Waals surface area contributed by atoms with Gasteiger partial charge in [0.05, 0.1) is 16.7 Å². The van der Waals surface area contributed by atoms with Crippen LogP contribution in [0, 0.1) is 6.92 Å². The van der Waals surface area contributed by atoms with Gasteiger partial charge in [0.2, 0.25) is 15.9 Å². The van der Waals surface area contributed by atoms with Gasteiger partial charge in [0, 0.05) is 18.8 Å². The molecule has 4 rings (SSSR count). The highest BCUT2D eigenvalue weighted by atomic mass is 32.2. The molecule has 31 heavy (non-hydrogen) atoms. The summed E-state index contributed by atoms with van der Waals surface area (Å²) in [5, 5.41) is 4.49. The molecule has 8 nitrogen and oxygen atoms in total. The first kappa shape index (κ1) is 21.7. The van der Waals surface area contributed by atoms with Crippen LogP contribution in [0.5, 0.6) is 0 Å². The lowest BCUT2D eigenvalue weighted by Crippen LogP contribution is -2.32. The van der Waals surface area contributed by atoms with Crippen LogP contribution in [0.3, 0.4) is 0 Å². The summed E-state index contributed by atoms with van der Waals surface area (Å²) < 4.78 is 29.7. The minimum absolute atomic E-state index is 0.200. The van der Waals surface area contributed by atoms with Crippen molar-refractivity contribution in [1.29, 1.82) is 0 Å². The number of carbonyl (C=O) groups is 1. The van der Waals surface area contributed by atoms with Crippen LogP contribution >= 0.6 is 11.3 Å². The Morgan fingerprint density at radius 1 is 1.16 bits per heavy atom. The Kier molecular flexibility index (Phi) is 6.22. The predicted octanol–water partition coefficient (Wildman–Crippen LogP) is 2.97. The van der Waals surface area contributed by atoms with Crippen molar-refractivity contribution in [1.82, 2.24) is 13.9 Å². The second-order valence-electron chi connectivity index (χ2n) is 7.66. The lowest BCUT2D eigenvalue weighted by molar-refractivity contribution is -0.116. The highest BCUT2D eigenvalue weighted by Gasteiger charge is 2.27. The number of rotatable bonds is 5. The van der Waals surface area contributed by atoms with Crippen LogP contribution in [-0.4, -0.2) is 41.3 Å². The second kappa shape index (κ2) is 8.89. The van der Waals surface area contributed by atoms with Crippen LogP contribution in [0.2, 0.25) is 0 Å². The number of nitrogens with zero attached hydrogens (tertiary/aromatic N) is 3. The summed E-state index contributed by atoms with van der Waals surface area (Å²) in [4.78, 5) is 29.4.